The van der Waals surface area contributed by atoms with Crippen LogP contribution in [0, 0.1) is 6.92 Å². The number of hydrogen-bond acceptors (Lipinski definition) is 4. The molecule has 0 aliphatic carbocycles. The Bertz CT molecular complexity index is 778. The molecule has 0 aromatic heterocycles. The van der Waals surface area contributed by atoms with Crippen LogP contribution < -0.4 is 10.1 Å². The quantitative estimate of drug-likeness (QED) is 0.774. The van der Waals surface area contributed by atoms with Crippen molar-refractivity contribution < 1.29 is 19.1 Å². The number of nitrogens with zero attached hydrogens (tertiary/aromatic N) is 1. The number of carbonyl (C=O) groups excluding carboxylic acids is 2. The van der Waals surface area contributed by atoms with Gasteiger partial charge in [-0.15, -0.1) is 0 Å². The fraction of sp³-hybridized carbons (Fsp3) is 0.263. The van der Waals surface area contributed by atoms with Crippen molar-refractivity contribution in [1.29, 1.82) is 0 Å². The van der Waals surface area contributed by atoms with E-state index in [0.29, 0.717) is 35.2 Å². The van der Waals surface area contributed by atoms with E-state index in [2.05, 4.69) is 5.32 Å². The topological polar surface area (TPSA) is 67.9 Å². The van der Waals surface area contributed by atoms with Crippen LogP contribution in [0.15, 0.2) is 42.5 Å². The summed E-state index contributed by atoms with van der Waals surface area (Å²) in [6.45, 7) is 2.58. The number of hydrogen-bond donors (Lipinski definition) is 1. The first kappa shape index (κ1) is 19.6. The molecule has 0 spiro atoms. The molecule has 2 aromatic rings. The number of benzene rings is 2. The molecule has 0 heterocycles. The third-order valence-electron chi connectivity index (χ3n) is 3.76. The Labute approximate surface area is 157 Å². The van der Waals surface area contributed by atoms with Crippen LogP contribution in [0.5, 0.6) is 5.75 Å². The van der Waals surface area contributed by atoms with Crippen LogP contribution in [0.3, 0.4) is 0 Å². The summed E-state index contributed by atoms with van der Waals surface area (Å²) < 4.78 is 10.3. The van der Waals surface area contributed by atoms with Gasteiger partial charge in [-0.25, -0.2) is 9.59 Å². The summed E-state index contributed by atoms with van der Waals surface area (Å²) in [5.41, 5.74) is 1.78. The Morgan fingerprint density at radius 2 is 1.85 bits per heavy atom. The van der Waals surface area contributed by atoms with Crippen LogP contribution in [-0.2, 0) is 4.74 Å². The lowest BCUT2D eigenvalue weighted by Gasteiger charge is -2.19. The predicted molar refractivity (Wildman–Crippen MR) is 101 cm³/mol. The van der Waals surface area contributed by atoms with Crippen molar-refractivity contribution in [2.24, 2.45) is 0 Å². The van der Waals surface area contributed by atoms with E-state index in [1.165, 1.54) is 12.0 Å². The molecular formula is C19H21ClN2O4. The van der Waals surface area contributed by atoms with Crippen molar-refractivity contribution >= 4 is 29.3 Å². The smallest absolute Gasteiger partial charge is 0.337 e. The number of nitrogens with one attached hydrogen (secondary N) is 1. The van der Waals surface area contributed by atoms with Gasteiger partial charge in [0.05, 0.1) is 19.2 Å². The number of urea groups is 1. The number of anilines is 1. The third-order valence-corrected chi connectivity index (χ3v) is 4.01. The fourth-order valence-corrected chi connectivity index (χ4v) is 2.27. The van der Waals surface area contributed by atoms with Crippen molar-refractivity contribution in [3.05, 3.63) is 58.6 Å². The Morgan fingerprint density at radius 1 is 1.15 bits per heavy atom. The zero-order valence-electron chi connectivity index (χ0n) is 14.9. The molecule has 6 nitrogen and oxygen atoms in total. The van der Waals surface area contributed by atoms with Gasteiger partial charge in [-0.2, -0.15) is 0 Å². The summed E-state index contributed by atoms with van der Waals surface area (Å²) in [5.74, 6) is 0.232. The maximum absolute atomic E-state index is 12.3. The summed E-state index contributed by atoms with van der Waals surface area (Å²) in [5, 5.41) is 3.43. The van der Waals surface area contributed by atoms with Crippen LogP contribution in [0.1, 0.15) is 15.9 Å². The Hall–Kier alpha value is -2.73. The molecule has 0 atom stereocenters. The van der Waals surface area contributed by atoms with Gasteiger partial charge in [0.1, 0.15) is 12.4 Å². The van der Waals surface area contributed by atoms with Crippen LogP contribution in [0.2, 0.25) is 5.02 Å². The number of amides is 2. The highest BCUT2D eigenvalue weighted by Gasteiger charge is 2.13. The molecule has 138 valence electrons. The molecule has 1 N–H and O–H groups in total. The lowest BCUT2D eigenvalue weighted by atomic mass is 10.1. The second kappa shape index (κ2) is 9.10. The van der Waals surface area contributed by atoms with E-state index < -0.39 is 5.97 Å². The van der Waals surface area contributed by atoms with Crippen molar-refractivity contribution in [2.75, 3.05) is 32.6 Å². The number of ether oxygens (including phenoxy) is 2. The summed E-state index contributed by atoms with van der Waals surface area (Å²) in [6.07, 6.45) is 0. The van der Waals surface area contributed by atoms with E-state index in [4.69, 9.17) is 21.1 Å². The SMILES string of the molecule is COC(=O)c1ccc(C)c(NC(=O)N(C)CCOc2ccc(Cl)cc2)c1. The molecule has 0 saturated heterocycles. The molecule has 26 heavy (non-hydrogen) atoms. The molecule has 0 radical (unpaired) electrons. The first-order valence-electron chi connectivity index (χ1n) is 8.00. The number of esters is 1. The van der Waals surface area contributed by atoms with Gasteiger partial charge in [0.2, 0.25) is 0 Å². The van der Waals surface area contributed by atoms with Gasteiger partial charge in [0.15, 0.2) is 0 Å². The van der Waals surface area contributed by atoms with E-state index >= 15 is 0 Å². The van der Waals surface area contributed by atoms with E-state index in [0.717, 1.165) is 5.56 Å². The summed E-state index contributed by atoms with van der Waals surface area (Å²) in [7, 11) is 2.98. The van der Waals surface area contributed by atoms with Crippen LogP contribution in [0.4, 0.5) is 10.5 Å². The molecule has 2 aromatic carbocycles. The first-order chi connectivity index (χ1) is 12.4. The van der Waals surface area contributed by atoms with Gasteiger partial charge in [0.25, 0.3) is 0 Å². The van der Waals surface area contributed by atoms with Gasteiger partial charge < -0.3 is 19.7 Å². The van der Waals surface area contributed by atoms with Crippen LogP contribution in [0.25, 0.3) is 0 Å². The number of aryl methyl sites for hydroxylation is 1. The second-order valence-corrected chi connectivity index (χ2v) is 6.11. The van der Waals surface area contributed by atoms with Crippen molar-refractivity contribution in [2.45, 2.75) is 6.92 Å². The van der Waals surface area contributed by atoms with Crippen LogP contribution >= 0.6 is 11.6 Å². The van der Waals surface area contributed by atoms with Crippen molar-refractivity contribution in [3.63, 3.8) is 0 Å². The zero-order valence-corrected chi connectivity index (χ0v) is 15.7. The van der Waals surface area contributed by atoms with Crippen LogP contribution in [-0.4, -0.2) is 44.2 Å². The molecular weight excluding hydrogens is 356 g/mol. The van der Waals surface area contributed by atoms with Gasteiger partial charge in [-0.05, 0) is 48.9 Å². The highest BCUT2D eigenvalue weighted by molar-refractivity contribution is 6.30. The zero-order chi connectivity index (χ0) is 19.1. The third kappa shape index (κ3) is 5.39. The number of halogens is 1. The molecule has 2 rings (SSSR count). The van der Waals surface area contributed by atoms with Gasteiger partial charge >= 0.3 is 12.0 Å². The summed E-state index contributed by atoms with van der Waals surface area (Å²) in [4.78, 5) is 25.5. The molecule has 0 aliphatic rings. The predicted octanol–water partition coefficient (Wildman–Crippen LogP) is 3.98. The highest BCUT2D eigenvalue weighted by atomic mass is 35.5. The van der Waals surface area contributed by atoms with Gasteiger partial charge in [-0.1, -0.05) is 17.7 Å². The number of likely N-dealkylation sites (N-methyl/N-ethyl adjacent to an activating group) is 1. The van der Waals surface area contributed by atoms with E-state index in [1.807, 2.05) is 6.92 Å². The van der Waals surface area contributed by atoms with Crippen molar-refractivity contribution in [3.8, 4) is 5.75 Å². The van der Waals surface area contributed by atoms with E-state index in [9.17, 15) is 9.59 Å². The normalized spacial score (nSPS) is 10.2. The molecule has 0 saturated carbocycles. The maximum atomic E-state index is 12.3. The average molecular weight is 377 g/mol. The van der Waals surface area contributed by atoms with E-state index in [-0.39, 0.29) is 6.03 Å². The van der Waals surface area contributed by atoms with Gasteiger partial charge in [-0.3, -0.25) is 0 Å². The van der Waals surface area contributed by atoms with E-state index in [1.54, 1.807) is 49.5 Å². The lowest BCUT2D eigenvalue weighted by Crippen LogP contribution is -2.34. The average Bonchev–Trinajstić information content (AvgIpc) is 2.64. The minimum Gasteiger partial charge on any atom is -0.492 e. The number of methoxy groups -OCH3 is 1. The highest BCUT2D eigenvalue weighted by Crippen LogP contribution is 2.18. The second-order valence-electron chi connectivity index (χ2n) is 5.68. The van der Waals surface area contributed by atoms with Gasteiger partial charge in [0, 0.05) is 17.8 Å². The minimum absolute atomic E-state index is 0.296. The number of rotatable bonds is 6. The fourth-order valence-electron chi connectivity index (χ4n) is 2.14. The largest absolute Gasteiger partial charge is 0.492 e. The molecule has 0 unspecified atom stereocenters. The number of carbonyl (C=O) groups is 2. The summed E-state index contributed by atoms with van der Waals surface area (Å²) >= 11 is 5.82. The Kier molecular flexibility index (Phi) is 6.86. The molecule has 0 bridgehead atoms. The lowest BCUT2D eigenvalue weighted by molar-refractivity contribution is 0.0600. The molecule has 7 heteroatoms. The monoisotopic (exact) mass is 376 g/mol. The molecule has 0 fully saturated rings. The molecule has 0 aliphatic heterocycles. The molecule has 2 amide bonds. The first-order valence-corrected chi connectivity index (χ1v) is 8.38. The minimum atomic E-state index is -0.454. The van der Waals surface area contributed by atoms with Crippen molar-refractivity contribution in [1.82, 2.24) is 4.90 Å². The standard InChI is InChI=1S/C19H21ClN2O4/c1-13-4-5-14(18(23)25-3)12-17(13)21-19(24)22(2)10-11-26-16-8-6-15(20)7-9-16/h4-9,12H,10-11H2,1-3H3,(H,21,24). The Morgan fingerprint density at radius 3 is 2.50 bits per heavy atom. The summed E-state index contributed by atoms with van der Waals surface area (Å²) in [6, 6.07) is 11.7. The Balaban J connectivity index is 1.90. The maximum Gasteiger partial charge on any atom is 0.337 e.